The van der Waals surface area contributed by atoms with E-state index in [1.165, 1.54) is 10.9 Å². The molecule has 0 bridgehead atoms. The summed E-state index contributed by atoms with van der Waals surface area (Å²) in [6.45, 7) is 5.40. The summed E-state index contributed by atoms with van der Waals surface area (Å²) >= 11 is 0. The molecule has 0 amide bonds. The number of ether oxygens (including phenoxy) is 1. The minimum atomic E-state index is -0.559. The fraction of sp³-hybridized carbons (Fsp3) is 0.308. The molecule has 0 saturated carbocycles. The summed E-state index contributed by atoms with van der Waals surface area (Å²) < 4.78 is 6.59. The van der Waals surface area contributed by atoms with Crippen molar-refractivity contribution in [1.29, 1.82) is 0 Å². The lowest BCUT2D eigenvalue weighted by atomic mass is 10.2. The van der Waals surface area contributed by atoms with Gasteiger partial charge in [-0.05, 0) is 39.0 Å². The van der Waals surface area contributed by atoms with Crippen LogP contribution in [-0.4, -0.2) is 27.5 Å². The molecule has 2 rings (SSSR count). The van der Waals surface area contributed by atoms with Gasteiger partial charge in [0.15, 0.2) is 0 Å². The summed E-state index contributed by atoms with van der Waals surface area (Å²) in [5.41, 5.74) is 1.17. The molecule has 0 aliphatic rings. The predicted molar refractivity (Wildman–Crippen MR) is 66.8 cm³/mol. The Balaban J connectivity index is 2.41. The van der Waals surface area contributed by atoms with Gasteiger partial charge in [-0.1, -0.05) is 0 Å². The monoisotopic (exact) mass is 246 g/mol. The lowest BCUT2D eigenvalue weighted by Gasteiger charge is -2.19. The summed E-state index contributed by atoms with van der Waals surface area (Å²) in [5, 5.41) is 0. The van der Waals surface area contributed by atoms with Crippen molar-refractivity contribution >= 4 is 23.4 Å². The Morgan fingerprint density at radius 1 is 1.39 bits per heavy atom. The number of benzene rings is 1. The highest BCUT2D eigenvalue weighted by molar-refractivity contribution is 5.90. The van der Waals surface area contributed by atoms with E-state index in [-0.39, 0.29) is 0 Å². The zero-order chi connectivity index (χ0) is 13.3. The molecule has 94 valence electrons. The second-order valence-electron chi connectivity index (χ2n) is 4.96. The summed E-state index contributed by atoms with van der Waals surface area (Å²) in [7, 11) is 0. The molecule has 0 unspecified atom stereocenters. The fourth-order valence-electron chi connectivity index (χ4n) is 1.56. The van der Waals surface area contributed by atoms with Gasteiger partial charge in [0.2, 0.25) is 0 Å². The van der Waals surface area contributed by atoms with E-state index in [0.717, 1.165) is 6.29 Å². The van der Waals surface area contributed by atoms with Gasteiger partial charge in [0.25, 0.3) is 0 Å². The summed E-state index contributed by atoms with van der Waals surface area (Å²) in [4.78, 5) is 26.7. The molecule has 18 heavy (non-hydrogen) atoms. The maximum Gasteiger partial charge on any atom is 0.420 e. The molecule has 0 fully saturated rings. The fourth-order valence-corrected chi connectivity index (χ4v) is 1.56. The third kappa shape index (κ3) is 2.40. The number of hydrogen-bond donors (Lipinski definition) is 0. The number of fused-ring (bicyclic) bond motifs is 1. The zero-order valence-corrected chi connectivity index (χ0v) is 10.5. The van der Waals surface area contributed by atoms with E-state index < -0.39 is 11.7 Å². The van der Waals surface area contributed by atoms with Crippen LogP contribution in [0.1, 0.15) is 31.1 Å². The topological polar surface area (TPSA) is 61.2 Å². The molecule has 0 N–H and O–H groups in total. The van der Waals surface area contributed by atoms with E-state index >= 15 is 0 Å². The van der Waals surface area contributed by atoms with Crippen molar-refractivity contribution in [2.24, 2.45) is 0 Å². The predicted octanol–water partition coefficient (Wildman–Crippen LogP) is 2.63. The van der Waals surface area contributed by atoms with Crippen molar-refractivity contribution in [3.8, 4) is 0 Å². The maximum absolute atomic E-state index is 11.9. The molecule has 0 saturated heterocycles. The van der Waals surface area contributed by atoms with Crippen molar-refractivity contribution in [1.82, 2.24) is 9.55 Å². The van der Waals surface area contributed by atoms with Crippen LogP contribution in [-0.2, 0) is 4.74 Å². The van der Waals surface area contributed by atoms with Crippen molar-refractivity contribution in [3.05, 3.63) is 30.1 Å². The Bertz CT molecular complexity index is 608. The van der Waals surface area contributed by atoms with Gasteiger partial charge in [-0.2, -0.15) is 0 Å². The Hall–Kier alpha value is -2.17. The highest BCUT2D eigenvalue weighted by atomic mass is 16.6. The first-order valence-corrected chi connectivity index (χ1v) is 5.56. The Morgan fingerprint density at radius 3 is 2.72 bits per heavy atom. The molecule has 1 aromatic carbocycles. The first-order valence-electron chi connectivity index (χ1n) is 5.56. The highest BCUT2D eigenvalue weighted by Gasteiger charge is 2.19. The van der Waals surface area contributed by atoms with Crippen LogP contribution in [0.2, 0.25) is 0 Å². The normalized spacial score (nSPS) is 11.5. The smallest absolute Gasteiger partial charge is 0.420 e. The van der Waals surface area contributed by atoms with Gasteiger partial charge < -0.3 is 4.74 Å². The van der Waals surface area contributed by atoms with E-state index in [1.807, 2.05) is 0 Å². The van der Waals surface area contributed by atoms with E-state index in [1.54, 1.807) is 39.0 Å². The van der Waals surface area contributed by atoms with Gasteiger partial charge in [0.1, 0.15) is 18.2 Å². The Morgan fingerprint density at radius 2 is 2.11 bits per heavy atom. The van der Waals surface area contributed by atoms with Gasteiger partial charge in [0.05, 0.1) is 11.0 Å². The van der Waals surface area contributed by atoms with E-state index in [4.69, 9.17) is 4.74 Å². The first kappa shape index (κ1) is 12.3. The summed E-state index contributed by atoms with van der Waals surface area (Å²) in [6.07, 6.45) is 1.66. The molecule has 1 aromatic heterocycles. The van der Waals surface area contributed by atoms with Gasteiger partial charge >= 0.3 is 6.09 Å². The number of imidazole rings is 1. The van der Waals surface area contributed by atoms with Crippen molar-refractivity contribution < 1.29 is 14.3 Å². The zero-order valence-electron chi connectivity index (χ0n) is 10.5. The Kier molecular flexibility index (Phi) is 2.90. The second-order valence-corrected chi connectivity index (χ2v) is 4.96. The third-order valence-corrected chi connectivity index (χ3v) is 2.30. The number of carbonyl (C=O) groups is 2. The minimum absolute atomic E-state index is 0.483. The van der Waals surface area contributed by atoms with Crippen molar-refractivity contribution in [3.63, 3.8) is 0 Å². The molecule has 1 heterocycles. The number of rotatable bonds is 1. The lowest BCUT2D eigenvalue weighted by molar-refractivity contribution is 0.0543. The SMILES string of the molecule is CC(C)(C)OC(=O)n1cnc2cc(C=O)ccc21. The number of aromatic nitrogens is 2. The molecule has 0 aliphatic carbocycles. The Labute approximate surface area is 104 Å². The molecule has 0 atom stereocenters. The van der Waals surface area contributed by atoms with E-state index in [0.29, 0.717) is 16.6 Å². The van der Waals surface area contributed by atoms with E-state index in [9.17, 15) is 9.59 Å². The lowest BCUT2D eigenvalue weighted by Crippen LogP contribution is -2.26. The number of hydrogen-bond acceptors (Lipinski definition) is 4. The number of aldehydes is 1. The van der Waals surface area contributed by atoms with E-state index in [2.05, 4.69) is 4.98 Å². The maximum atomic E-state index is 11.9. The average Bonchev–Trinajstić information content (AvgIpc) is 2.69. The van der Waals surface area contributed by atoms with Crippen LogP contribution in [0.25, 0.3) is 11.0 Å². The summed E-state index contributed by atoms with van der Waals surface area (Å²) in [5.74, 6) is 0. The third-order valence-electron chi connectivity index (χ3n) is 2.30. The molecular weight excluding hydrogens is 232 g/mol. The molecular formula is C13H14N2O3. The summed E-state index contributed by atoms with van der Waals surface area (Å²) in [6, 6.07) is 4.94. The molecule has 5 heteroatoms. The van der Waals surface area contributed by atoms with Crippen LogP contribution < -0.4 is 0 Å². The molecule has 0 aliphatic heterocycles. The number of carbonyl (C=O) groups excluding carboxylic acids is 2. The van der Waals surface area contributed by atoms with Crippen molar-refractivity contribution in [2.45, 2.75) is 26.4 Å². The second kappa shape index (κ2) is 4.25. The molecule has 0 radical (unpaired) electrons. The standard InChI is InChI=1S/C13H14N2O3/c1-13(2,3)18-12(17)15-8-14-10-6-9(7-16)4-5-11(10)15/h4-8H,1-3H3. The molecule has 0 spiro atoms. The minimum Gasteiger partial charge on any atom is -0.443 e. The molecule has 2 aromatic rings. The van der Waals surface area contributed by atoms with Gasteiger partial charge in [-0.15, -0.1) is 0 Å². The molecule has 5 nitrogen and oxygen atoms in total. The van der Waals surface area contributed by atoms with Crippen LogP contribution in [0, 0.1) is 0 Å². The van der Waals surface area contributed by atoms with Gasteiger partial charge in [0, 0.05) is 5.56 Å². The van der Waals surface area contributed by atoms with Gasteiger partial charge in [-0.25, -0.2) is 14.3 Å². The van der Waals surface area contributed by atoms with Gasteiger partial charge in [-0.3, -0.25) is 4.79 Å². The van der Waals surface area contributed by atoms with Crippen LogP contribution in [0.5, 0.6) is 0 Å². The average molecular weight is 246 g/mol. The quantitative estimate of drug-likeness (QED) is 0.726. The number of nitrogens with zero attached hydrogens (tertiary/aromatic N) is 2. The highest BCUT2D eigenvalue weighted by Crippen LogP contribution is 2.16. The largest absolute Gasteiger partial charge is 0.443 e. The van der Waals surface area contributed by atoms with Crippen LogP contribution >= 0.6 is 0 Å². The van der Waals surface area contributed by atoms with Crippen LogP contribution in [0.15, 0.2) is 24.5 Å². The van der Waals surface area contributed by atoms with Crippen molar-refractivity contribution in [2.75, 3.05) is 0 Å². The first-order chi connectivity index (χ1) is 8.40. The van der Waals surface area contributed by atoms with Crippen LogP contribution in [0.4, 0.5) is 4.79 Å². The van der Waals surface area contributed by atoms with Crippen LogP contribution in [0.3, 0.4) is 0 Å².